The Balaban J connectivity index is 1.82. The Kier molecular flexibility index (Phi) is 2.97. The summed E-state index contributed by atoms with van der Waals surface area (Å²) in [6.45, 7) is 4.92. The van der Waals surface area contributed by atoms with Gasteiger partial charge in [-0.3, -0.25) is 4.68 Å². The summed E-state index contributed by atoms with van der Waals surface area (Å²) in [5.74, 6) is 0.991. The van der Waals surface area contributed by atoms with Gasteiger partial charge in [0.25, 0.3) is 0 Å². The van der Waals surface area contributed by atoms with Crippen molar-refractivity contribution in [2.45, 2.75) is 39.7 Å². The van der Waals surface area contributed by atoms with E-state index in [0.717, 1.165) is 30.9 Å². The van der Waals surface area contributed by atoms with Crippen molar-refractivity contribution in [3.63, 3.8) is 0 Å². The van der Waals surface area contributed by atoms with Crippen molar-refractivity contribution in [2.75, 3.05) is 5.32 Å². The number of aromatic nitrogens is 4. The Morgan fingerprint density at radius 1 is 1.26 bits per heavy atom. The van der Waals surface area contributed by atoms with Crippen LogP contribution >= 0.6 is 0 Å². The molecule has 5 nitrogen and oxygen atoms in total. The number of hydrogen-bond donors (Lipinski definition) is 1. The van der Waals surface area contributed by atoms with Crippen LogP contribution in [-0.4, -0.2) is 19.7 Å². The van der Waals surface area contributed by atoms with Gasteiger partial charge in [-0.1, -0.05) is 0 Å². The van der Waals surface area contributed by atoms with Crippen molar-refractivity contribution >= 4 is 5.82 Å². The lowest BCUT2D eigenvalue weighted by atomic mass is 10.2. The van der Waals surface area contributed by atoms with Gasteiger partial charge in [0.2, 0.25) is 0 Å². The van der Waals surface area contributed by atoms with Gasteiger partial charge in [-0.15, -0.1) is 0 Å². The summed E-state index contributed by atoms with van der Waals surface area (Å²) in [6.07, 6.45) is 5.02. The van der Waals surface area contributed by atoms with E-state index < -0.39 is 0 Å². The Hall–Kier alpha value is -1.91. The van der Waals surface area contributed by atoms with Gasteiger partial charge in [-0.2, -0.15) is 5.10 Å². The highest BCUT2D eigenvalue weighted by Crippen LogP contribution is 2.25. The highest BCUT2D eigenvalue weighted by Gasteiger charge is 2.17. The number of nitrogens with one attached hydrogen (secondary N) is 1. The minimum Gasteiger partial charge on any atom is -0.366 e. The van der Waals surface area contributed by atoms with Crippen molar-refractivity contribution in [3.8, 4) is 0 Å². The van der Waals surface area contributed by atoms with Gasteiger partial charge in [0.15, 0.2) is 0 Å². The summed E-state index contributed by atoms with van der Waals surface area (Å²) < 4.78 is 1.93. The van der Waals surface area contributed by atoms with Gasteiger partial charge in [-0.05, 0) is 33.1 Å². The molecule has 1 N–H and O–H groups in total. The molecular weight excluding hydrogens is 238 g/mol. The molecule has 0 aliphatic heterocycles. The molecule has 3 rings (SSSR count). The smallest absolute Gasteiger partial charge is 0.133 e. The van der Waals surface area contributed by atoms with Crippen LogP contribution in [0.2, 0.25) is 0 Å². The molecule has 0 aromatic carbocycles. The van der Waals surface area contributed by atoms with E-state index in [1.165, 1.54) is 28.9 Å². The third kappa shape index (κ3) is 2.09. The summed E-state index contributed by atoms with van der Waals surface area (Å²) in [4.78, 5) is 8.73. The minimum absolute atomic E-state index is 0.773. The predicted octanol–water partition coefficient (Wildman–Crippen LogP) is 1.93. The summed E-state index contributed by atoms with van der Waals surface area (Å²) >= 11 is 0. The fourth-order valence-corrected chi connectivity index (χ4v) is 2.76. The van der Waals surface area contributed by atoms with Gasteiger partial charge in [0.05, 0.1) is 5.69 Å². The van der Waals surface area contributed by atoms with Crippen LogP contribution in [0.1, 0.15) is 34.6 Å². The van der Waals surface area contributed by atoms with Crippen molar-refractivity contribution < 1.29 is 0 Å². The van der Waals surface area contributed by atoms with Gasteiger partial charge in [0.1, 0.15) is 12.1 Å². The lowest BCUT2D eigenvalue weighted by Crippen LogP contribution is -2.07. The lowest BCUT2D eigenvalue weighted by molar-refractivity contribution is 0.730. The van der Waals surface area contributed by atoms with Crippen LogP contribution in [0.5, 0.6) is 0 Å². The van der Waals surface area contributed by atoms with Crippen LogP contribution < -0.4 is 5.32 Å². The second-order valence-electron chi connectivity index (χ2n) is 5.13. The number of anilines is 1. The maximum atomic E-state index is 4.44. The number of fused-ring (bicyclic) bond motifs is 1. The van der Waals surface area contributed by atoms with Crippen LogP contribution in [0.4, 0.5) is 5.82 Å². The maximum Gasteiger partial charge on any atom is 0.133 e. The molecule has 2 heterocycles. The molecule has 2 aromatic rings. The van der Waals surface area contributed by atoms with E-state index in [0.29, 0.717) is 0 Å². The molecular formula is C14H19N5. The summed E-state index contributed by atoms with van der Waals surface area (Å²) in [5.41, 5.74) is 6.04. The largest absolute Gasteiger partial charge is 0.366 e. The molecule has 0 unspecified atom stereocenters. The molecule has 5 heteroatoms. The van der Waals surface area contributed by atoms with Crippen LogP contribution in [-0.2, 0) is 26.4 Å². The van der Waals surface area contributed by atoms with Crippen LogP contribution in [0.25, 0.3) is 0 Å². The third-order valence-electron chi connectivity index (χ3n) is 3.97. The SMILES string of the molecule is Cc1nn(C)c(C)c1CNc1ncnc2c1CCC2. The monoisotopic (exact) mass is 257 g/mol. The topological polar surface area (TPSA) is 55.6 Å². The Morgan fingerprint density at radius 2 is 2.11 bits per heavy atom. The standard InChI is InChI=1S/C14H19N5/c1-9-12(10(2)19(3)18-9)7-15-14-11-5-4-6-13(11)16-8-17-14/h8H,4-7H2,1-3H3,(H,15,16,17). The van der Waals surface area contributed by atoms with E-state index in [1.807, 2.05) is 11.7 Å². The fraction of sp³-hybridized carbons (Fsp3) is 0.500. The van der Waals surface area contributed by atoms with Crippen LogP contribution in [0.3, 0.4) is 0 Å². The quantitative estimate of drug-likeness (QED) is 0.912. The number of nitrogens with zero attached hydrogens (tertiary/aromatic N) is 4. The molecule has 0 saturated carbocycles. The average molecular weight is 257 g/mol. The van der Waals surface area contributed by atoms with E-state index in [4.69, 9.17) is 0 Å². The zero-order valence-electron chi connectivity index (χ0n) is 11.7. The van der Waals surface area contributed by atoms with Gasteiger partial charge in [0, 0.05) is 36.1 Å². The summed E-state index contributed by atoms with van der Waals surface area (Å²) in [7, 11) is 1.98. The van der Waals surface area contributed by atoms with Crippen molar-refractivity contribution in [3.05, 3.63) is 34.5 Å². The first-order valence-corrected chi connectivity index (χ1v) is 6.72. The van der Waals surface area contributed by atoms with Crippen LogP contribution in [0.15, 0.2) is 6.33 Å². The van der Waals surface area contributed by atoms with E-state index in [1.54, 1.807) is 6.33 Å². The number of rotatable bonds is 3. The zero-order valence-corrected chi connectivity index (χ0v) is 11.7. The molecule has 0 spiro atoms. The summed E-state index contributed by atoms with van der Waals surface area (Å²) in [5, 5.41) is 7.89. The first-order valence-electron chi connectivity index (χ1n) is 6.72. The molecule has 0 saturated heterocycles. The lowest BCUT2D eigenvalue weighted by Gasteiger charge is -2.09. The average Bonchev–Trinajstić information content (AvgIpc) is 2.95. The Bertz CT molecular complexity index is 615. The fourth-order valence-electron chi connectivity index (χ4n) is 2.76. The minimum atomic E-state index is 0.773. The summed E-state index contributed by atoms with van der Waals surface area (Å²) in [6, 6.07) is 0. The van der Waals surface area contributed by atoms with Gasteiger partial charge in [-0.25, -0.2) is 9.97 Å². The van der Waals surface area contributed by atoms with E-state index in [2.05, 4.69) is 34.2 Å². The normalized spacial score (nSPS) is 13.6. The highest BCUT2D eigenvalue weighted by atomic mass is 15.3. The molecule has 100 valence electrons. The Morgan fingerprint density at radius 3 is 2.84 bits per heavy atom. The second-order valence-corrected chi connectivity index (χ2v) is 5.13. The zero-order chi connectivity index (χ0) is 13.4. The van der Waals surface area contributed by atoms with Crippen LogP contribution in [0, 0.1) is 13.8 Å². The second kappa shape index (κ2) is 4.64. The van der Waals surface area contributed by atoms with E-state index in [-0.39, 0.29) is 0 Å². The van der Waals surface area contributed by atoms with Crippen molar-refractivity contribution in [1.29, 1.82) is 0 Å². The molecule has 1 aliphatic carbocycles. The molecule has 0 amide bonds. The molecule has 0 fully saturated rings. The third-order valence-corrected chi connectivity index (χ3v) is 3.97. The van der Waals surface area contributed by atoms with E-state index in [9.17, 15) is 0 Å². The first-order chi connectivity index (χ1) is 9.16. The number of aryl methyl sites for hydroxylation is 3. The van der Waals surface area contributed by atoms with Gasteiger partial charge < -0.3 is 5.32 Å². The molecule has 0 bridgehead atoms. The molecule has 19 heavy (non-hydrogen) atoms. The highest BCUT2D eigenvalue weighted by molar-refractivity contribution is 5.48. The van der Waals surface area contributed by atoms with E-state index >= 15 is 0 Å². The molecule has 2 aromatic heterocycles. The molecule has 0 radical (unpaired) electrons. The first kappa shape index (κ1) is 12.1. The maximum absolute atomic E-state index is 4.44. The molecule has 1 aliphatic rings. The van der Waals surface area contributed by atoms with Crippen molar-refractivity contribution in [1.82, 2.24) is 19.7 Å². The predicted molar refractivity (Wildman–Crippen MR) is 74.1 cm³/mol. The van der Waals surface area contributed by atoms with Gasteiger partial charge >= 0.3 is 0 Å². The number of hydrogen-bond acceptors (Lipinski definition) is 4. The Labute approximate surface area is 113 Å². The molecule has 0 atom stereocenters. The van der Waals surface area contributed by atoms with Crippen molar-refractivity contribution in [2.24, 2.45) is 7.05 Å².